The molecule has 18 heavy (non-hydrogen) atoms. The lowest BCUT2D eigenvalue weighted by Gasteiger charge is -2.23. The average Bonchev–Trinajstić information content (AvgIpc) is 2.31. The normalized spacial score (nSPS) is 11.3. The third kappa shape index (κ3) is 5.07. The van der Waals surface area contributed by atoms with E-state index in [1.165, 1.54) is 0 Å². The molecule has 0 saturated carbocycles. The van der Waals surface area contributed by atoms with E-state index >= 15 is 0 Å². The molecule has 3 nitrogen and oxygen atoms in total. The van der Waals surface area contributed by atoms with Crippen LogP contribution in [0.15, 0.2) is 24.3 Å². The van der Waals surface area contributed by atoms with Crippen LogP contribution < -0.4 is 10.6 Å². The monoisotopic (exact) mass is 268 g/mol. The van der Waals surface area contributed by atoms with Gasteiger partial charge in [-0.1, -0.05) is 29.8 Å². The molecule has 0 radical (unpaired) electrons. The van der Waals surface area contributed by atoms with Crippen molar-refractivity contribution >= 4 is 17.5 Å². The molecule has 0 bridgehead atoms. The van der Waals surface area contributed by atoms with Crippen LogP contribution in [0, 0.1) is 0 Å². The van der Waals surface area contributed by atoms with Gasteiger partial charge in [0.25, 0.3) is 0 Å². The highest BCUT2D eigenvalue weighted by molar-refractivity contribution is 6.31. The number of benzene rings is 1. The van der Waals surface area contributed by atoms with E-state index in [1.54, 1.807) is 0 Å². The molecule has 0 aliphatic carbocycles. The zero-order valence-corrected chi connectivity index (χ0v) is 12.0. The Morgan fingerprint density at radius 3 is 2.61 bits per heavy atom. The van der Waals surface area contributed by atoms with Gasteiger partial charge in [0.1, 0.15) is 0 Å². The van der Waals surface area contributed by atoms with E-state index in [-0.39, 0.29) is 11.4 Å². The predicted molar refractivity (Wildman–Crippen MR) is 75.9 cm³/mol. The molecule has 1 rings (SSSR count). The van der Waals surface area contributed by atoms with Gasteiger partial charge in [-0.25, -0.2) is 0 Å². The molecule has 0 aromatic heterocycles. The lowest BCUT2D eigenvalue weighted by atomic mass is 10.0. The van der Waals surface area contributed by atoms with Crippen molar-refractivity contribution in [3.63, 3.8) is 0 Å². The number of hydrogen-bond donors (Lipinski definition) is 2. The minimum atomic E-state index is -0.172. The number of carbonyl (C=O) groups is 1. The largest absolute Gasteiger partial charge is 0.356 e. The van der Waals surface area contributed by atoms with Gasteiger partial charge in [0.05, 0.1) is 0 Å². The Kier molecular flexibility index (Phi) is 5.63. The number of rotatable bonds is 6. The Balaban J connectivity index is 2.34. The molecule has 100 valence electrons. The minimum absolute atomic E-state index is 0.0569. The second-order valence-electron chi connectivity index (χ2n) is 5.00. The van der Waals surface area contributed by atoms with E-state index in [1.807, 2.05) is 45.2 Å². The van der Waals surface area contributed by atoms with Crippen LogP contribution in [0.1, 0.15) is 25.8 Å². The lowest BCUT2D eigenvalue weighted by molar-refractivity contribution is -0.122. The Morgan fingerprint density at radius 2 is 2.00 bits per heavy atom. The first-order chi connectivity index (χ1) is 8.44. The van der Waals surface area contributed by atoms with Crippen LogP contribution in [0.5, 0.6) is 0 Å². The van der Waals surface area contributed by atoms with Gasteiger partial charge >= 0.3 is 0 Å². The molecule has 1 aromatic rings. The van der Waals surface area contributed by atoms with Crippen molar-refractivity contribution in [1.29, 1.82) is 0 Å². The number of halogens is 1. The van der Waals surface area contributed by atoms with Crippen molar-refractivity contribution in [3.05, 3.63) is 34.9 Å². The van der Waals surface area contributed by atoms with E-state index in [0.717, 1.165) is 17.0 Å². The Bertz CT molecular complexity index is 405. The Labute approximate surface area is 114 Å². The van der Waals surface area contributed by atoms with Gasteiger partial charge in [-0.2, -0.15) is 0 Å². The standard InChI is InChI=1S/C14H21ClN2O/c1-14(2,16-3)10-13(18)17-9-8-11-6-4-5-7-12(11)15/h4-7,16H,8-10H2,1-3H3,(H,17,18). The summed E-state index contributed by atoms with van der Waals surface area (Å²) in [6.07, 6.45) is 1.22. The fraction of sp³-hybridized carbons (Fsp3) is 0.500. The van der Waals surface area contributed by atoms with Gasteiger partial charge in [0, 0.05) is 23.5 Å². The molecule has 4 heteroatoms. The molecule has 0 spiro atoms. The third-order valence-corrected chi connectivity index (χ3v) is 3.32. The van der Waals surface area contributed by atoms with Crippen LogP contribution in [0.3, 0.4) is 0 Å². The number of hydrogen-bond acceptors (Lipinski definition) is 2. The summed E-state index contributed by atoms with van der Waals surface area (Å²) in [7, 11) is 1.86. The van der Waals surface area contributed by atoms with Gasteiger partial charge in [-0.3, -0.25) is 4.79 Å². The van der Waals surface area contributed by atoms with Crippen LogP contribution in [0.2, 0.25) is 5.02 Å². The summed E-state index contributed by atoms with van der Waals surface area (Å²) in [5.41, 5.74) is 0.890. The molecule has 1 amide bonds. The summed E-state index contributed by atoms with van der Waals surface area (Å²) in [6.45, 7) is 4.61. The fourth-order valence-electron chi connectivity index (χ4n) is 1.59. The summed E-state index contributed by atoms with van der Waals surface area (Å²) in [6, 6.07) is 7.70. The van der Waals surface area contributed by atoms with Crippen molar-refractivity contribution in [1.82, 2.24) is 10.6 Å². The predicted octanol–water partition coefficient (Wildman–Crippen LogP) is 2.39. The maximum atomic E-state index is 11.7. The molecule has 0 saturated heterocycles. The van der Waals surface area contributed by atoms with Crippen LogP contribution in [0.25, 0.3) is 0 Å². The van der Waals surface area contributed by atoms with Crippen molar-refractivity contribution in [2.75, 3.05) is 13.6 Å². The third-order valence-electron chi connectivity index (χ3n) is 2.95. The Hall–Kier alpha value is -1.06. The molecule has 0 atom stereocenters. The summed E-state index contributed by atoms with van der Waals surface area (Å²) < 4.78 is 0. The molecule has 1 aromatic carbocycles. The summed E-state index contributed by atoms with van der Waals surface area (Å²) in [4.78, 5) is 11.7. The quantitative estimate of drug-likeness (QED) is 0.832. The molecule has 0 aliphatic heterocycles. The van der Waals surface area contributed by atoms with Crippen LogP contribution in [-0.2, 0) is 11.2 Å². The minimum Gasteiger partial charge on any atom is -0.356 e. The smallest absolute Gasteiger partial charge is 0.221 e. The second kappa shape index (κ2) is 6.76. The van der Waals surface area contributed by atoms with E-state index in [2.05, 4.69) is 10.6 Å². The first kappa shape index (κ1) is 15.0. The summed E-state index contributed by atoms with van der Waals surface area (Å²) >= 11 is 6.05. The topological polar surface area (TPSA) is 41.1 Å². The van der Waals surface area contributed by atoms with Crippen molar-refractivity contribution in [2.24, 2.45) is 0 Å². The molecule has 0 unspecified atom stereocenters. The Morgan fingerprint density at radius 1 is 1.33 bits per heavy atom. The maximum Gasteiger partial charge on any atom is 0.221 e. The van der Waals surface area contributed by atoms with Gasteiger partial charge < -0.3 is 10.6 Å². The molecule has 0 aliphatic rings. The number of nitrogens with one attached hydrogen (secondary N) is 2. The van der Waals surface area contributed by atoms with Crippen molar-refractivity contribution < 1.29 is 4.79 Å². The van der Waals surface area contributed by atoms with Gasteiger partial charge in [-0.05, 0) is 38.9 Å². The highest BCUT2D eigenvalue weighted by atomic mass is 35.5. The average molecular weight is 269 g/mol. The number of amides is 1. The lowest BCUT2D eigenvalue weighted by Crippen LogP contribution is -2.42. The summed E-state index contributed by atoms with van der Waals surface area (Å²) in [5.74, 6) is 0.0569. The molecular weight excluding hydrogens is 248 g/mol. The number of carbonyl (C=O) groups excluding carboxylic acids is 1. The van der Waals surface area contributed by atoms with Gasteiger partial charge in [-0.15, -0.1) is 0 Å². The SMILES string of the molecule is CNC(C)(C)CC(=O)NCCc1ccccc1Cl. The zero-order chi connectivity index (χ0) is 13.6. The molecule has 0 fully saturated rings. The zero-order valence-electron chi connectivity index (χ0n) is 11.2. The highest BCUT2D eigenvalue weighted by Crippen LogP contribution is 2.14. The molecular formula is C14H21ClN2O. The van der Waals surface area contributed by atoms with E-state index in [9.17, 15) is 4.79 Å². The van der Waals surface area contributed by atoms with Gasteiger partial charge in [0.15, 0.2) is 0 Å². The molecule has 0 heterocycles. The maximum absolute atomic E-state index is 11.7. The fourth-order valence-corrected chi connectivity index (χ4v) is 1.82. The highest BCUT2D eigenvalue weighted by Gasteiger charge is 2.18. The van der Waals surface area contributed by atoms with Crippen LogP contribution in [-0.4, -0.2) is 25.0 Å². The van der Waals surface area contributed by atoms with Crippen LogP contribution in [0.4, 0.5) is 0 Å². The summed E-state index contributed by atoms with van der Waals surface area (Å²) in [5, 5.41) is 6.77. The van der Waals surface area contributed by atoms with E-state index in [4.69, 9.17) is 11.6 Å². The van der Waals surface area contributed by atoms with E-state index < -0.39 is 0 Å². The first-order valence-corrected chi connectivity index (χ1v) is 6.51. The second-order valence-corrected chi connectivity index (χ2v) is 5.41. The van der Waals surface area contributed by atoms with Crippen molar-refractivity contribution in [3.8, 4) is 0 Å². The van der Waals surface area contributed by atoms with E-state index in [0.29, 0.717) is 13.0 Å². The van der Waals surface area contributed by atoms with Gasteiger partial charge in [0.2, 0.25) is 5.91 Å². The van der Waals surface area contributed by atoms with Crippen molar-refractivity contribution in [2.45, 2.75) is 32.2 Å². The van der Waals surface area contributed by atoms with Crippen LogP contribution >= 0.6 is 11.6 Å². The molecule has 2 N–H and O–H groups in total. The first-order valence-electron chi connectivity index (χ1n) is 6.13.